The van der Waals surface area contributed by atoms with Gasteiger partial charge < -0.3 is 14.7 Å². The van der Waals surface area contributed by atoms with Crippen LogP contribution in [-0.2, 0) is 0 Å². The topological polar surface area (TPSA) is 45.6 Å². The van der Waals surface area contributed by atoms with Crippen LogP contribution in [0.3, 0.4) is 0 Å². The van der Waals surface area contributed by atoms with E-state index in [1.54, 1.807) is 13.3 Å². The van der Waals surface area contributed by atoms with Gasteiger partial charge in [0.25, 0.3) is 0 Å². The Balaban J connectivity index is 1.90. The van der Waals surface area contributed by atoms with Crippen molar-refractivity contribution in [3.63, 3.8) is 0 Å². The summed E-state index contributed by atoms with van der Waals surface area (Å²) in [5.41, 5.74) is 0. The van der Waals surface area contributed by atoms with E-state index in [1.165, 1.54) is 0 Å². The van der Waals surface area contributed by atoms with Gasteiger partial charge in [0.05, 0.1) is 19.4 Å². The first-order valence-electron chi connectivity index (χ1n) is 5.58. The predicted molar refractivity (Wildman–Crippen MR) is 62.8 cm³/mol. The zero-order chi connectivity index (χ0) is 11.5. The Labute approximate surface area is 95.9 Å². The lowest BCUT2D eigenvalue weighted by Gasteiger charge is -2.34. The van der Waals surface area contributed by atoms with Crippen LogP contribution < -0.4 is 9.64 Å². The fraction of sp³-hybridized carbons (Fsp3) is 0.583. The predicted octanol–water partition coefficient (Wildman–Crippen LogP) is 1.30. The van der Waals surface area contributed by atoms with Crippen LogP contribution in [0.5, 0.6) is 5.75 Å². The number of methoxy groups -OCH3 is 1. The molecule has 0 atom stereocenters. The minimum Gasteiger partial charge on any atom is -0.495 e. The molecule has 0 spiro atoms. The average Bonchev–Trinajstić information content (AvgIpc) is 2.27. The van der Waals surface area contributed by atoms with Crippen LogP contribution in [0.1, 0.15) is 12.8 Å². The van der Waals surface area contributed by atoms with Gasteiger partial charge in [0, 0.05) is 13.6 Å². The molecule has 1 aromatic rings. The summed E-state index contributed by atoms with van der Waals surface area (Å²) in [6.45, 7) is 0.955. The second-order valence-electron chi connectivity index (χ2n) is 4.43. The summed E-state index contributed by atoms with van der Waals surface area (Å²) < 4.78 is 5.06. The van der Waals surface area contributed by atoms with Crippen LogP contribution in [0.25, 0.3) is 0 Å². The smallest absolute Gasteiger partial charge is 0.137 e. The zero-order valence-corrected chi connectivity index (χ0v) is 9.76. The first-order valence-corrected chi connectivity index (χ1v) is 5.58. The van der Waals surface area contributed by atoms with Crippen LogP contribution in [0, 0.1) is 5.92 Å². The van der Waals surface area contributed by atoms with E-state index in [1.807, 2.05) is 19.2 Å². The van der Waals surface area contributed by atoms with Crippen molar-refractivity contribution in [2.24, 2.45) is 5.92 Å². The van der Waals surface area contributed by atoms with Crippen molar-refractivity contribution in [2.75, 3.05) is 25.6 Å². The number of ether oxygens (including phenoxy) is 1. The Hall–Kier alpha value is -1.29. The maximum atomic E-state index is 9.22. The molecule has 2 rings (SSSR count). The van der Waals surface area contributed by atoms with E-state index in [-0.39, 0.29) is 6.10 Å². The molecular weight excluding hydrogens is 204 g/mol. The number of rotatable bonds is 4. The Bertz CT molecular complexity index is 333. The lowest BCUT2D eigenvalue weighted by molar-refractivity contribution is 0.0464. The largest absolute Gasteiger partial charge is 0.495 e. The second-order valence-corrected chi connectivity index (χ2v) is 4.43. The number of aromatic nitrogens is 1. The molecule has 4 nitrogen and oxygen atoms in total. The molecule has 4 heteroatoms. The van der Waals surface area contributed by atoms with Gasteiger partial charge in [-0.3, -0.25) is 0 Å². The Kier molecular flexibility index (Phi) is 3.29. The maximum absolute atomic E-state index is 9.22. The molecule has 1 aliphatic carbocycles. The highest BCUT2D eigenvalue weighted by Gasteiger charge is 2.28. The summed E-state index contributed by atoms with van der Waals surface area (Å²) in [6, 6.07) is 3.86. The van der Waals surface area contributed by atoms with Gasteiger partial charge in [0.1, 0.15) is 11.6 Å². The van der Waals surface area contributed by atoms with Gasteiger partial charge in [0.15, 0.2) is 0 Å². The highest BCUT2D eigenvalue weighted by Crippen LogP contribution is 2.28. The molecule has 1 fully saturated rings. The zero-order valence-electron chi connectivity index (χ0n) is 9.76. The van der Waals surface area contributed by atoms with E-state index in [9.17, 15) is 5.11 Å². The van der Waals surface area contributed by atoms with E-state index in [0.717, 1.165) is 31.0 Å². The number of anilines is 1. The molecule has 0 aliphatic heterocycles. The van der Waals surface area contributed by atoms with Crippen LogP contribution >= 0.6 is 0 Å². The van der Waals surface area contributed by atoms with Crippen molar-refractivity contribution in [1.82, 2.24) is 4.98 Å². The molecule has 1 aromatic heterocycles. The van der Waals surface area contributed by atoms with Crippen LogP contribution in [0.2, 0.25) is 0 Å². The van der Waals surface area contributed by atoms with E-state index >= 15 is 0 Å². The van der Waals surface area contributed by atoms with Crippen molar-refractivity contribution in [3.8, 4) is 5.75 Å². The number of aliphatic hydroxyl groups is 1. The summed E-state index contributed by atoms with van der Waals surface area (Å²) in [4.78, 5) is 6.44. The Morgan fingerprint density at radius 1 is 1.50 bits per heavy atom. The molecule has 0 amide bonds. The van der Waals surface area contributed by atoms with E-state index < -0.39 is 0 Å². The molecule has 1 aliphatic rings. The minimum absolute atomic E-state index is 0.0813. The molecule has 0 bridgehead atoms. The highest BCUT2D eigenvalue weighted by atomic mass is 16.5. The molecule has 1 saturated carbocycles. The molecule has 1 N–H and O–H groups in total. The van der Waals surface area contributed by atoms with Gasteiger partial charge in [0.2, 0.25) is 0 Å². The van der Waals surface area contributed by atoms with Gasteiger partial charge in [-0.05, 0) is 30.9 Å². The van der Waals surface area contributed by atoms with Crippen molar-refractivity contribution in [1.29, 1.82) is 0 Å². The first kappa shape index (κ1) is 11.2. The minimum atomic E-state index is -0.0813. The van der Waals surface area contributed by atoms with Crippen molar-refractivity contribution in [3.05, 3.63) is 18.3 Å². The van der Waals surface area contributed by atoms with Crippen LogP contribution in [0.4, 0.5) is 5.82 Å². The Morgan fingerprint density at radius 2 is 2.25 bits per heavy atom. The normalized spacial score (nSPS) is 23.7. The summed E-state index contributed by atoms with van der Waals surface area (Å²) in [5, 5.41) is 9.22. The number of pyridine rings is 1. The number of hydrogen-bond donors (Lipinski definition) is 1. The van der Waals surface area contributed by atoms with Gasteiger partial charge >= 0.3 is 0 Å². The van der Waals surface area contributed by atoms with Gasteiger partial charge in [-0.15, -0.1) is 0 Å². The third-order valence-electron chi connectivity index (χ3n) is 3.09. The fourth-order valence-corrected chi connectivity index (χ4v) is 2.05. The number of hydrogen-bond acceptors (Lipinski definition) is 4. The summed E-state index contributed by atoms with van der Waals surface area (Å²) in [5.74, 6) is 2.32. The molecule has 1 heterocycles. The summed E-state index contributed by atoms with van der Waals surface area (Å²) >= 11 is 0. The number of nitrogens with zero attached hydrogens (tertiary/aromatic N) is 2. The van der Waals surface area contributed by atoms with Gasteiger partial charge in [-0.2, -0.15) is 0 Å². The average molecular weight is 222 g/mol. The van der Waals surface area contributed by atoms with Gasteiger partial charge in [-0.1, -0.05) is 0 Å². The van der Waals surface area contributed by atoms with E-state index in [0.29, 0.717) is 5.92 Å². The van der Waals surface area contributed by atoms with Crippen LogP contribution in [-0.4, -0.2) is 36.9 Å². The van der Waals surface area contributed by atoms with Crippen molar-refractivity contribution in [2.45, 2.75) is 18.9 Å². The van der Waals surface area contributed by atoms with Crippen molar-refractivity contribution < 1.29 is 9.84 Å². The lowest BCUT2D eigenvalue weighted by atomic mass is 9.82. The summed E-state index contributed by atoms with van der Waals surface area (Å²) in [7, 11) is 3.66. The molecule has 0 aromatic carbocycles. The maximum Gasteiger partial charge on any atom is 0.137 e. The van der Waals surface area contributed by atoms with Gasteiger partial charge in [-0.25, -0.2) is 4.98 Å². The quantitative estimate of drug-likeness (QED) is 0.834. The molecule has 0 radical (unpaired) electrons. The standard InChI is InChI=1S/C12H18N2O2/c1-14(8-9-5-10(15)6-9)12-4-3-11(16-2)7-13-12/h3-4,7,9-10,15H,5-6,8H2,1-2H3. The SMILES string of the molecule is COc1ccc(N(C)CC2CC(O)C2)nc1. The first-order chi connectivity index (χ1) is 7.69. The van der Waals surface area contributed by atoms with Crippen LogP contribution in [0.15, 0.2) is 18.3 Å². The number of aliphatic hydroxyl groups excluding tert-OH is 1. The van der Waals surface area contributed by atoms with E-state index in [2.05, 4.69) is 9.88 Å². The third-order valence-corrected chi connectivity index (χ3v) is 3.09. The van der Waals surface area contributed by atoms with Crippen molar-refractivity contribution >= 4 is 5.82 Å². The molecular formula is C12H18N2O2. The highest BCUT2D eigenvalue weighted by molar-refractivity contribution is 5.40. The fourth-order valence-electron chi connectivity index (χ4n) is 2.05. The monoisotopic (exact) mass is 222 g/mol. The second kappa shape index (κ2) is 4.70. The lowest BCUT2D eigenvalue weighted by Crippen LogP contribution is -2.37. The molecule has 0 saturated heterocycles. The summed E-state index contributed by atoms with van der Waals surface area (Å²) in [6.07, 6.45) is 3.48. The molecule has 0 unspecified atom stereocenters. The van der Waals surface area contributed by atoms with E-state index in [4.69, 9.17) is 4.74 Å². The third kappa shape index (κ3) is 2.44. The molecule has 88 valence electrons. The Morgan fingerprint density at radius 3 is 2.75 bits per heavy atom. The molecule has 16 heavy (non-hydrogen) atoms.